The molecule has 2 aliphatic rings. The zero-order valence-electron chi connectivity index (χ0n) is 15.6. The fourth-order valence-electron chi connectivity index (χ4n) is 3.58. The molecule has 0 amide bonds. The molecule has 8 nitrogen and oxygen atoms in total. The Bertz CT molecular complexity index is 927. The van der Waals surface area contributed by atoms with E-state index in [1.807, 2.05) is 20.0 Å². The van der Waals surface area contributed by atoms with Gasteiger partial charge in [0.1, 0.15) is 6.10 Å². The normalized spacial score (nSPS) is 21.3. The van der Waals surface area contributed by atoms with Crippen molar-refractivity contribution in [1.82, 2.24) is 14.5 Å². The molecule has 27 heavy (non-hydrogen) atoms. The second-order valence-electron chi connectivity index (χ2n) is 6.93. The first-order valence-corrected chi connectivity index (χ1v) is 10.7. The molecule has 2 aromatic rings. The molecular formula is C18H24N4O4S. The van der Waals surface area contributed by atoms with Crippen LogP contribution in [0, 0.1) is 0 Å². The molecule has 1 aromatic heterocycles. The van der Waals surface area contributed by atoms with Gasteiger partial charge in [-0.3, -0.25) is 0 Å². The Morgan fingerprint density at radius 2 is 2.11 bits per heavy atom. The van der Waals surface area contributed by atoms with E-state index >= 15 is 0 Å². The summed E-state index contributed by atoms with van der Waals surface area (Å²) >= 11 is 0. The number of hydrogen-bond donors (Lipinski definition) is 0. The molecule has 146 valence electrons. The maximum Gasteiger partial charge on any atom is 0.246 e. The Kier molecular flexibility index (Phi) is 4.92. The molecule has 1 atom stereocenters. The summed E-state index contributed by atoms with van der Waals surface area (Å²) < 4.78 is 39.1. The monoisotopic (exact) mass is 392 g/mol. The van der Waals surface area contributed by atoms with E-state index in [2.05, 4.69) is 15.1 Å². The Hall–Kier alpha value is -1.97. The summed E-state index contributed by atoms with van der Waals surface area (Å²) in [6.45, 7) is 3.62. The van der Waals surface area contributed by atoms with Crippen molar-refractivity contribution in [3.63, 3.8) is 0 Å². The summed E-state index contributed by atoms with van der Waals surface area (Å²) in [5, 5.41) is 7.94. The average Bonchev–Trinajstić information content (AvgIpc) is 3.17. The van der Waals surface area contributed by atoms with E-state index in [9.17, 15) is 8.42 Å². The van der Waals surface area contributed by atoms with Gasteiger partial charge in [-0.15, -0.1) is 10.2 Å². The van der Waals surface area contributed by atoms with Crippen LogP contribution in [-0.4, -0.2) is 56.2 Å². The van der Waals surface area contributed by atoms with E-state index in [1.54, 1.807) is 12.1 Å². The smallest absolute Gasteiger partial charge is 0.246 e. The van der Waals surface area contributed by atoms with Crippen molar-refractivity contribution in [2.45, 2.75) is 37.2 Å². The molecule has 1 fully saturated rings. The van der Waals surface area contributed by atoms with Crippen molar-refractivity contribution in [2.75, 3.05) is 38.2 Å². The predicted molar refractivity (Wildman–Crippen MR) is 99.2 cm³/mol. The number of nitrogens with zero attached hydrogens (tertiary/aromatic N) is 4. The molecule has 4 rings (SSSR count). The van der Waals surface area contributed by atoms with Gasteiger partial charge in [-0.05, 0) is 30.5 Å². The lowest BCUT2D eigenvalue weighted by molar-refractivity contribution is -0.0177. The van der Waals surface area contributed by atoms with Crippen LogP contribution in [0.4, 0.5) is 5.69 Å². The number of sulfonamides is 1. The number of rotatable bonds is 4. The third kappa shape index (κ3) is 3.46. The van der Waals surface area contributed by atoms with Crippen LogP contribution in [0.3, 0.4) is 0 Å². The topological polar surface area (TPSA) is 88.8 Å². The lowest BCUT2D eigenvalue weighted by Gasteiger charge is -2.32. The van der Waals surface area contributed by atoms with Crippen molar-refractivity contribution in [3.05, 3.63) is 35.5 Å². The molecular weight excluding hydrogens is 368 g/mol. The predicted octanol–water partition coefficient (Wildman–Crippen LogP) is 1.78. The molecule has 1 aromatic carbocycles. The third-order valence-electron chi connectivity index (χ3n) is 5.13. The Labute approximate surface area is 159 Å². The van der Waals surface area contributed by atoms with Gasteiger partial charge in [0.2, 0.25) is 21.8 Å². The number of anilines is 1. The van der Waals surface area contributed by atoms with Gasteiger partial charge in [-0.1, -0.05) is 13.0 Å². The summed E-state index contributed by atoms with van der Waals surface area (Å²) in [5.41, 5.74) is 2.19. The lowest BCUT2D eigenvalue weighted by Crippen LogP contribution is -2.42. The van der Waals surface area contributed by atoms with Gasteiger partial charge in [0.15, 0.2) is 0 Å². The van der Waals surface area contributed by atoms with Crippen LogP contribution >= 0.6 is 0 Å². The Morgan fingerprint density at radius 3 is 2.89 bits per heavy atom. The highest BCUT2D eigenvalue weighted by Gasteiger charge is 2.34. The van der Waals surface area contributed by atoms with E-state index in [1.165, 1.54) is 9.87 Å². The van der Waals surface area contributed by atoms with Gasteiger partial charge < -0.3 is 14.1 Å². The van der Waals surface area contributed by atoms with Crippen LogP contribution in [0.5, 0.6) is 0 Å². The molecule has 0 N–H and O–H groups in total. The van der Waals surface area contributed by atoms with Gasteiger partial charge in [0, 0.05) is 38.8 Å². The lowest BCUT2D eigenvalue weighted by atomic mass is 10.0. The number of aryl methyl sites for hydroxylation is 2. The summed E-state index contributed by atoms with van der Waals surface area (Å²) in [4.78, 5) is 2.43. The molecule has 1 saturated heterocycles. The number of ether oxygens (including phenoxy) is 1. The van der Waals surface area contributed by atoms with Crippen molar-refractivity contribution in [2.24, 2.45) is 0 Å². The van der Waals surface area contributed by atoms with E-state index in [0.29, 0.717) is 36.2 Å². The van der Waals surface area contributed by atoms with Gasteiger partial charge in [-0.25, -0.2) is 8.42 Å². The summed E-state index contributed by atoms with van der Waals surface area (Å²) in [5.74, 6) is 0.850. The average molecular weight is 392 g/mol. The van der Waals surface area contributed by atoms with Gasteiger partial charge in [0.25, 0.3) is 0 Å². The van der Waals surface area contributed by atoms with Crippen LogP contribution in [-0.2, 0) is 27.6 Å². The number of aromatic nitrogens is 2. The minimum Gasteiger partial charge on any atom is -0.422 e. The van der Waals surface area contributed by atoms with Gasteiger partial charge in [-0.2, -0.15) is 4.31 Å². The number of hydrogen-bond acceptors (Lipinski definition) is 7. The summed E-state index contributed by atoms with van der Waals surface area (Å²) in [6.07, 6.45) is 2.16. The molecule has 3 heterocycles. The van der Waals surface area contributed by atoms with Crippen molar-refractivity contribution >= 4 is 15.7 Å². The van der Waals surface area contributed by atoms with Crippen molar-refractivity contribution < 1.29 is 17.6 Å². The van der Waals surface area contributed by atoms with Crippen LogP contribution in [0.15, 0.2) is 27.5 Å². The maximum absolute atomic E-state index is 13.2. The Balaban J connectivity index is 1.59. The summed E-state index contributed by atoms with van der Waals surface area (Å²) in [6, 6.07) is 5.43. The molecule has 0 spiro atoms. The molecule has 0 radical (unpaired) electrons. The number of morpholine rings is 1. The zero-order valence-corrected chi connectivity index (χ0v) is 16.4. The molecule has 0 bridgehead atoms. The first-order chi connectivity index (χ1) is 13.0. The number of benzene rings is 1. The van der Waals surface area contributed by atoms with E-state index in [0.717, 1.165) is 25.1 Å². The van der Waals surface area contributed by atoms with E-state index in [-0.39, 0.29) is 6.54 Å². The first kappa shape index (κ1) is 18.4. The Morgan fingerprint density at radius 1 is 1.26 bits per heavy atom. The van der Waals surface area contributed by atoms with Crippen molar-refractivity contribution in [3.8, 4) is 0 Å². The SMILES string of the molecule is CCc1nnc([C@H]2CN(S(=O)(=O)c3ccc4c(c3)N(C)CCC4)CCO2)o1. The zero-order chi connectivity index (χ0) is 19.0. The standard InChI is InChI=1S/C18H24N4O4S/c1-3-17-19-20-18(26-17)16-12-22(9-10-25-16)27(23,24)14-7-6-13-5-4-8-21(2)15(13)11-14/h6-7,11,16H,3-5,8-10,12H2,1-2H3/t16-/m1/s1. The minimum atomic E-state index is -3.62. The number of fused-ring (bicyclic) bond motifs is 1. The summed E-state index contributed by atoms with van der Waals surface area (Å²) in [7, 11) is -1.62. The van der Waals surface area contributed by atoms with Crippen LogP contribution in [0.1, 0.15) is 36.8 Å². The molecule has 0 saturated carbocycles. The quantitative estimate of drug-likeness (QED) is 0.783. The third-order valence-corrected chi connectivity index (χ3v) is 7.00. The maximum atomic E-state index is 13.2. The van der Waals surface area contributed by atoms with E-state index < -0.39 is 16.1 Å². The second-order valence-corrected chi connectivity index (χ2v) is 8.86. The fraction of sp³-hybridized carbons (Fsp3) is 0.556. The van der Waals surface area contributed by atoms with Crippen LogP contribution in [0.25, 0.3) is 0 Å². The van der Waals surface area contributed by atoms with E-state index in [4.69, 9.17) is 9.15 Å². The van der Waals surface area contributed by atoms with Crippen LogP contribution < -0.4 is 4.90 Å². The molecule has 0 aliphatic carbocycles. The van der Waals surface area contributed by atoms with Crippen LogP contribution in [0.2, 0.25) is 0 Å². The molecule has 0 unspecified atom stereocenters. The highest BCUT2D eigenvalue weighted by atomic mass is 32.2. The second kappa shape index (κ2) is 7.21. The first-order valence-electron chi connectivity index (χ1n) is 9.27. The highest BCUT2D eigenvalue weighted by Crippen LogP contribution is 2.31. The van der Waals surface area contributed by atoms with Crippen molar-refractivity contribution in [1.29, 1.82) is 0 Å². The fourth-order valence-corrected chi connectivity index (χ4v) is 5.03. The van der Waals surface area contributed by atoms with Gasteiger partial charge >= 0.3 is 0 Å². The van der Waals surface area contributed by atoms with Gasteiger partial charge in [0.05, 0.1) is 11.5 Å². The minimum absolute atomic E-state index is 0.167. The molecule has 9 heteroatoms. The highest BCUT2D eigenvalue weighted by molar-refractivity contribution is 7.89. The molecule has 2 aliphatic heterocycles. The largest absolute Gasteiger partial charge is 0.422 e.